The normalized spacial score (nSPS) is 11.8. The van der Waals surface area contributed by atoms with Gasteiger partial charge in [0, 0.05) is 25.1 Å². The lowest BCUT2D eigenvalue weighted by atomic mass is 9.92. The number of rotatable bonds is 5. The van der Waals surface area contributed by atoms with Crippen molar-refractivity contribution < 1.29 is 4.79 Å². The average molecular weight is 332 g/mol. The molecule has 0 fully saturated rings. The molecule has 0 aliphatic heterocycles. The van der Waals surface area contributed by atoms with Crippen molar-refractivity contribution in [3.05, 3.63) is 29.7 Å². The summed E-state index contributed by atoms with van der Waals surface area (Å²) < 4.78 is 1.81. The first-order valence-electron chi connectivity index (χ1n) is 8.25. The molecule has 0 saturated carbocycles. The quantitative estimate of drug-likeness (QED) is 0.882. The van der Waals surface area contributed by atoms with Crippen molar-refractivity contribution in [1.29, 1.82) is 0 Å². The van der Waals surface area contributed by atoms with E-state index in [1.165, 1.54) is 0 Å². The van der Waals surface area contributed by atoms with Gasteiger partial charge in [-0.3, -0.25) is 10.4 Å². The minimum absolute atomic E-state index is 0.0150. The molecule has 7 heteroatoms. The van der Waals surface area contributed by atoms with Crippen molar-refractivity contribution in [2.45, 2.75) is 53.1 Å². The predicted octanol–water partition coefficient (Wildman–Crippen LogP) is 3.22. The third kappa shape index (κ3) is 4.59. The first-order valence-corrected chi connectivity index (χ1v) is 8.25. The molecule has 24 heavy (non-hydrogen) atoms. The Kier molecular flexibility index (Phi) is 5.31. The lowest BCUT2D eigenvalue weighted by Crippen LogP contribution is -2.32. The van der Waals surface area contributed by atoms with Gasteiger partial charge in [0.15, 0.2) is 0 Å². The van der Waals surface area contributed by atoms with Crippen LogP contribution in [0, 0.1) is 5.92 Å². The number of hydrogen-bond donors (Lipinski definition) is 2. The van der Waals surface area contributed by atoms with Gasteiger partial charge in [-0.2, -0.15) is 10.2 Å². The minimum Gasteiger partial charge on any atom is -0.322 e. The Morgan fingerprint density at radius 2 is 2.12 bits per heavy atom. The maximum Gasteiger partial charge on any atom is 0.323 e. The van der Waals surface area contributed by atoms with Crippen LogP contribution in [0.4, 0.5) is 10.6 Å². The fourth-order valence-electron chi connectivity index (χ4n) is 2.29. The van der Waals surface area contributed by atoms with Crippen molar-refractivity contribution >= 4 is 11.8 Å². The van der Waals surface area contributed by atoms with E-state index >= 15 is 0 Å². The van der Waals surface area contributed by atoms with Gasteiger partial charge < -0.3 is 4.90 Å². The van der Waals surface area contributed by atoms with E-state index in [2.05, 4.69) is 55.2 Å². The predicted molar refractivity (Wildman–Crippen MR) is 94.8 cm³/mol. The second kappa shape index (κ2) is 7.07. The van der Waals surface area contributed by atoms with Crippen molar-refractivity contribution in [2.24, 2.45) is 5.92 Å². The molecule has 2 N–H and O–H groups in total. The Bertz CT molecular complexity index is 679. The Labute approximate surface area is 143 Å². The molecule has 0 unspecified atom stereocenters. The van der Waals surface area contributed by atoms with Gasteiger partial charge in [-0.25, -0.2) is 9.48 Å². The summed E-state index contributed by atoms with van der Waals surface area (Å²) >= 11 is 0. The second-order valence-corrected chi connectivity index (χ2v) is 7.61. The van der Waals surface area contributed by atoms with Crippen molar-refractivity contribution in [3.63, 3.8) is 0 Å². The molecule has 2 heterocycles. The molecule has 0 radical (unpaired) electrons. The van der Waals surface area contributed by atoms with Gasteiger partial charge in [0.1, 0.15) is 5.82 Å². The molecule has 2 rings (SSSR count). The largest absolute Gasteiger partial charge is 0.323 e. The SMILES string of the molecule is CC(C)Cn1nccc1NC(=O)N(C)Cc1cc(C(C)(C)C)n[nH]1. The first kappa shape index (κ1) is 18.0. The molecule has 7 nitrogen and oxygen atoms in total. The molecule has 132 valence electrons. The van der Waals surface area contributed by atoms with E-state index in [9.17, 15) is 4.79 Å². The van der Waals surface area contributed by atoms with E-state index in [4.69, 9.17) is 0 Å². The maximum atomic E-state index is 12.4. The van der Waals surface area contributed by atoms with Crippen LogP contribution in [-0.2, 0) is 18.5 Å². The van der Waals surface area contributed by atoms with Crippen LogP contribution < -0.4 is 5.32 Å². The first-order chi connectivity index (χ1) is 11.2. The van der Waals surface area contributed by atoms with E-state index in [1.54, 1.807) is 18.1 Å². The van der Waals surface area contributed by atoms with Crippen LogP contribution in [0.2, 0.25) is 0 Å². The third-order valence-electron chi connectivity index (χ3n) is 3.64. The molecule has 2 aromatic rings. The molecule has 0 aliphatic carbocycles. The van der Waals surface area contributed by atoms with Gasteiger partial charge >= 0.3 is 6.03 Å². The maximum absolute atomic E-state index is 12.4. The number of carbonyl (C=O) groups is 1. The van der Waals surface area contributed by atoms with Gasteiger partial charge in [0.25, 0.3) is 0 Å². The summed E-state index contributed by atoms with van der Waals surface area (Å²) in [7, 11) is 1.76. The number of nitrogens with zero attached hydrogens (tertiary/aromatic N) is 4. The summed E-state index contributed by atoms with van der Waals surface area (Å²) in [5.74, 6) is 1.17. The zero-order valence-electron chi connectivity index (χ0n) is 15.4. The summed E-state index contributed by atoms with van der Waals surface area (Å²) in [6, 6.07) is 3.64. The Hall–Kier alpha value is -2.31. The van der Waals surface area contributed by atoms with Crippen molar-refractivity contribution in [1.82, 2.24) is 24.9 Å². The topological polar surface area (TPSA) is 78.8 Å². The number of aromatic nitrogens is 4. The summed E-state index contributed by atoms with van der Waals surface area (Å²) in [6.07, 6.45) is 1.70. The van der Waals surface area contributed by atoms with Crippen molar-refractivity contribution in [3.8, 4) is 0 Å². The Morgan fingerprint density at radius 1 is 1.42 bits per heavy atom. The van der Waals surface area contributed by atoms with E-state index in [0.717, 1.165) is 17.9 Å². The van der Waals surface area contributed by atoms with Gasteiger partial charge in [-0.1, -0.05) is 34.6 Å². The number of aromatic amines is 1. The number of nitrogens with one attached hydrogen (secondary N) is 2. The van der Waals surface area contributed by atoms with Crippen LogP contribution in [0.25, 0.3) is 0 Å². The molecule has 0 aliphatic rings. The van der Waals surface area contributed by atoms with E-state index in [1.807, 2.05) is 16.8 Å². The van der Waals surface area contributed by atoms with Crippen LogP contribution in [0.5, 0.6) is 0 Å². The zero-order valence-corrected chi connectivity index (χ0v) is 15.4. The molecule has 0 saturated heterocycles. The fourth-order valence-corrected chi connectivity index (χ4v) is 2.29. The minimum atomic E-state index is -0.174. The number of carbonyl (C=O) groups excluding carboxylic acids is 1. The number of H-pyrrole nitrogens is 1. The molecule has 2 amide bonds. The molecule has 0 spiro atoms. The molecule has 0 bridgehead atoms. The van der Waals surface area contributed by atoms with Crippen LogP contribution in [-0.4, -0.2) is 38.0 Å². The third-order valence-corrected chi connectivity index (χ3v) is 3.64. The zero-order chi connectivity index (χ0) is 17.9. The molecule has 0 atom stereocenters. The average Bonchev–Trinajstić information content (AvgIpc) is 3.08. The lowest BCUT2D eigenvalue weighted by Gasteiger charge is -2.18. The summed E-state index contributed by atoms with van der Waals surface area (Å²) in [6.45, 7) is 11.8. The number of anilines is 1. The van der Waals surface area contributed by atoms with E-state index in [-0.39, 0.29) is 11.4 Å². The highest BCUT2D eigenvalue weighted by molar-refractivity contribution is 5.88. The second-order valence-electron chi connectivity index (χ2n) is 7.61. The summed E-state index contributed by atoms with van der Waals surface area (Å²) in [4.78, 5) is 14.0. The monoisotopic (exact) mass is 332 g/mol. The van der Waals surface area contributed by atoms with Crippen LogP contribution >= 0.6 is 0 Å². The van der Waals surface area contributed by atoms with Crippen LogP contribution in [0.15, 0.2) is 18.3 Å². The van der Waals surface area contributed by atoms with E-state index in [0.29, 0.717) is 18.3 Å². The standard InChI is InChI=1S/C17H28N6O/c1-12(2)10-23-15(7-8-18-23)19-16(24)22(6)11-13-9-14(21-20-13)17(3,4)5/h7-9,12H,10-11H2,1-6H3,(H,19,24)(H,20,21). The van der Waals surface area contributed by atoms with Gasteiger partial charge in [-0.05, 0) is 12.0 Å². The van der Waals surface area contributed by atoms with Crippen molar-refractivity contribution in [2.75, 3.05) is 12.4 Å². The fraction of sp³-hybridized carbons (Fsp3) is 0.588. The molecular formula is C17H28N6O. The van der Waals surface area contributed by atoms with Gasteiger partial charge in [-0.15, -0.1) is 0 Å². The molecular weight excluding hydrogens is 304 g/mol. The van der Waals surface area contributed by atoms with Crippen LogP contribution in [0.1, 0.15) is 46.0 Å². The molecule has 0 aromatic carbocycles. The Balaban J connectivity index is 1.98. The van der Waals surface area contributed by atoms with Crippen LogP contribution in [0.3, 0.4) is 0 Å². The summed E-state index contributed by atoms with van der Waals surface area (Å²) in [5, 5.41) is 14.5. The van der Waals surface area contributed by atoms with Gasteiger partial charge in [0.05, 0.1) is 24.1 Å². The number of amides is 2. The highest BCUT2D eigenvalue weighted by Crippen LogP contribution is 2.20. The Morgan fingerprint density at radius 3 is 2.71 bits per heavy atom. The number of urea groups is 1. The summed E-state index contributed by atoms with van der Waals surface area (Å²) in [5.41, 5.74) is 1.88. The highest BCUT2D eigenvalue weighted by atomic mass is 16.2. The highest BCUT2D eigenvalue weighted by Gasteiger charge is 2.19. The van der Waals surface area contributed by atoms with E-state index < -0.39 is 0 Å². The molecule has 2 aromatic heterocycles. The van der Waals surface area contributed by atoms with Gasteiger partial charge in [0.2, 0.25) is 0 Å². The number of hydrogen-bond acceptors (Lipinski definition) is 3. The lowest BCUT2D eigenvalue weighted by molar-refractivity contribution is 0.220. The smallest absolute Gasteiger partial charge is 0.322 e.